The van der Waals surface area contributed by atoms with Crippen LogP contribution in [0.2, 0.25) is 0 Å². The van der Waals surface area contributed by atoms with Crippen molar-refractivity contribution in [3.05, 3.63) is 33.9 Å². The Kier molecular flexibility index (Phi) is 4.70. The van der Waals surface area contributed by atoms with Gasteiger partial charge in [0.05, 0.1) is 11.0 Å². The molecular formula is C13H18N2O4. The van der Waals surface area contributed by atoms with Crippen molar-refractivity contribution in [1.82, 2.24) is 5.32 Å². The molecule has 1 aliphatic heterocycles. The highest BCUT2D eigenvalue weighted by atomic mass is 16.6. The van der Waals surface area contributed by atoms with Crippen LogP contribution >= 0.6 is 0 Å². The highest BCUT2D eigenvalue weighted by Gasteiger charge is 2.20. The Morgan fingerprint density at radius 1 is 1.58 bits per heavy atom. The smallest absolute Gasteiger partial charge is 0.310 e. The minimum absolute atomic E-state index is 0.00199. The van der Waals surface area contributed by atoms with E-state index >= 15 is 0 Å². The summed E-state index contributed by atoms with van der Waals surface area (Å²) in [5, 5.41) is 14.0. The lowest BCUT2D eigenvalue weighted by molar-refractivity contribution is -0.385. The van der Waals surface area contributed by atoms with Gasteiger partial charge in [0, 0.05) is 19.2 Å². The number of nitro benzene ring substituents is 1. The van der Waals surface area contributed by atoms with Crippen LogP contribution in [-0.4, -0.2) is 31.3 Å². The van der Waals surface area contributed by atoms with Crippen LogP contribution in [0.25, 0.3) is 0 Å². The van der Waals surface area contributed by atoms with E-state index < -0.39 is 4.92 Å². The van der Waals surface area contributed by atoms with E-state index in [0.29, 0.717) is 18.9 Å². The van der Waals surface area contributed by atoms with Gasteiger partial charge in [-0.3, -0.25) is 10.1 Å². The van der Waals surface area contributed by atoms with E-state index in [4.69, 9.17) is 9.47 Å². The fourth-order valence-electron chi connectivity index (χ4n) is 2.10. The number of hydrogen-bond donors (Lipinski definition) is 1. The molecule has 1 fully saturated rings. The van der Waals surface area contributed by atoms with Crippen LogP contribution < -0.4 is 10.1 Å². The second kappa shape index (κ2) is 6.49. The lowest BCUT2D eigenvalue weighted by atomic mass is 10.2. The molecule has 1 aromatic rings. The summed E-state index contributed by atoms with van der Waals surface area (Å²) >= 11 is 0. The number of nitrogens with zero attached hydrogens (tertiary/aromatic N) is 1. The zero-order chi connectivity index (χ0) is 13.7. The van der Waals surface area contributed by atoms with Crippen molar-refractivity contribution in [2.24, 2.45) is 0 Å². The number of hydrogen-bond acceptors (Lipinski definition) is 5. The largest absolute Gasteiger partial charge is 0.484 e. The summed E-state index contributed by atoms with van der Waals surface area (Å²) in [6.45, 7) is 1.76. The molecule has 1 atom stereocenters. The number of nitrogens with one attached hydrogen (secondary N) is 1. The summed E-state index contributed by atoms with van der Waals surface area (Å²) in [7, 11) is 1.83. The van der Waals surface area contributed by atoms with Gasteiger partial charge in [-0.25, -0.2) is 0 Å². The third kappa shape index (κ3) is 3.65. The van der Waals surface area contributed by atoms with Crippen LogP contribution in [-0.2, 0) is 11.3 Å². The zero-order valence-corrected chi connectivity index (χ0v) is 10.9. The Morgan fingerprint density at radius 3 is 3.05 bits per heavy atom. The maximum absolute atomic E-state index is 11.0. The SMILES string of the molecule is CNCc1ccc([N+](=O)[O-])c(OCC2CCCO2)c1. The van der Waals surface area contributed by atoms with E-state index in [1.807, 2.05) is 7.05 Å². The van der Waals surface area contributed by atoms with Gasteiger partial charge in [0.15, 0.2) is 5.75 Å². The van der Waals surface area contributed by atoms with E-state index in [1.54, 1.807) is 12.1 Å². The number of benzene rings is 1. The second-order valence-electron chi connectivity index (χ2n) is 4.54. The molecule has 0 amide bonds. The minimum atomic E-state index is -0.423. The maximum atomic E-state index is 11.0. The van der Waals surface area contributed by atoms with Crippen molar-refractivity contribution >= 4 is 5.69 Å². The predicted molar refractivity (Wildman–Crippen MR) is 70.3 cm³/mol. The van der Waals surface area contributed by atoms with Crippen molar-refractivity contribution in [3.63, 3.8) is 0 Å². The first-order valence-corrected chi connectivity index (χ1v) is 6.37. The third-order valence-electron chi connectivity index (χ3n) is 3.05. The molecule has 0 aliphatic carbocycles. The van der Waals surface area contributed by atoms with E-state index in [1.165, 1.54) is 6.07 Å². The van der Waals surface area contributed by atoms with Crippen molar-refractivity contribution in [3.8, 4) is 5.75 Å². The molecule has 1 heterocycles. The van der Waals surface area contributed by atoms with Crippen molar-refractivity contribution < 1.29 is 14.4 Å². The van der Waals surface area contributed by atoms with Gasteiger partial charge in [0.1, 0.15) is 6.61 Å². The Labute approximate surface area is 111 Å². The summed E-state index contributed by atoms with van der Waals surface area (Å²) in [5.41, 5.74) is 0.952. The van der Waals surface area contributed by atoms with Crippen molar-refractivity contribution in [2.75, 3.05) is 20.3 Å². The molecule has 6 nitrogen and oxygen atoms in total. The summed E-state index contributed by atoms with van der Waals surface area (Å²) in [4.78, 5) is 10.5. The lowest BCUT2D eigenvalue weighted by Gasteiger charge is -2.12. The van der Waals surface area contributed by atoms with Gasteiger partial charge in [0.2, 0.25) is 0 Å². The Bertz CT molecular complexity index is 444. The fraction of sp³-hybridized carbons (Fsp3) is 0.538. The Balaban J connectivity index is 2.09. The summed E-state index contributed by atoms with van der Waals surface area (Å²) in [5.74, 6) is 0.313. The molecular weight excluding hydrogens is 248 g/mol. The van der Waals surface area contributed by atoms with Gasteiger partial charge in [-0.2, -0.15) is 0 Å². The number of rotatable bonds is 6. The predicted octanol–water partition coefficient (Wildman–Crippen LogP) is 1.87. The average molecular weight is 266 g/mol. The summed E-state index contributed by atoms with van der Waals surface area (Å²) < 4.78 is 11.0. The lowest BCUT2D eigenvalue weighted by Crippen LogP contribution is -2.17. The average Bonchev–Trinajstić information content (AvgIpc) is 2.89. The molecule has 1 N–H and O–H groups in total. The van der Waals surface area contributed by atoms with Gasteiger partial charge in [-0.15, -0.1) is 0 Å². The monoisotopic (exact) mass is 266 g/mol. The minimum Gasteiger partial charge on any atom is -0.484 e. The zero-order valence-electron chi connectivity index (χ0n) is 10.9. The van der Waals surface area contributed by atoms with Gasteiger partial charge < -0.3 is 14.8 Å². The Hall–Kier alpha value is -1.66. The molecule has 1 unspecified atom stereocenters. The molecule has 6 heteroatoms. The van der Waals surface area contributed by atoms with Crippen molar-refractivity contribution in [1.29, 1.82) is 0 Å². The number of nitro groups is 1. The van der Waals surface area contributed by atoms with Gasteiger partial charge in [-0.05, 0) is 31.5 Å². The van der Waals surface area contributed by atoms with Crippen LogP contribution in [0.3, 0.4) is 0 Å². The highest BCUT2D eigenvalue weighted by molar-refractivity contribution is 5.48. The van der Waals surface area contributed by atoms with E-state index in [-0.39, 0.29) is 11.8 Å². The first kappa shape index (κ1) is 13.8. The highest BCUT2D eigenvalue weighted by Crippen LogP contribution is 2.28. The molecule has 1 aromatic carbocycles. The second-order valence-corrected chi connectivity index (χ2v) is 4.54. The molecule has 104 valence electrons. The van der Waals surface area contributed by atoms with Crippen LogP contribution in [0, 0.1) is 10.1 Å². The molecule has 0 saturated carbocycles. The topological polar surface area (TPSA) is 73.6 Å². The number of ether oxygens (including phenoxy) is 2. The van der Waals surface area contributed by atoms with E-state index in [2.05, 4.69) is 5.32 Å². The normalized spacial score (nSPS) is 18.5. The molecule has 2 rings (SSSR count). The molecule has 0 radical (unpaired) electrons. The van der Waals surface area contributed by atoms with Gasteiger partial charge in [-0.1, -0.05) is 6.07 Å². The van der Waals surface area contributed by atoms with Gasteiger partial charge >= 0.3 is 5.69 Å². The van der Waals surface area contributed by atoms with Gasteiger partial charge in [0.25, 0.3) is 0 Å². The summed E-state index contributed by atoms with van der Waals surface area (Å²) in [6, 6.07) is 4.93. The fourth-order valence-corrected chi connectivity index (χ4v) is 2.10. The van der Waals surface area contributed by atoms with Crippen molar-refractivity contribution in [2.45, 2.75) is 25.5 Å². The summed E-state index contributed by atoms with van der Waals surface area (Å²) in [6.07, 6.45) is 2.02. The Morgan fingerprint density at radius 2 is 2.42 bits per heavy atom. The maximum Gasteiger partial charge on any atom is 0.310 e. The molecule has 1 saturated heterocycles. The van der Waals surface area contributed by atoms with Crippen LogP contribution in [0.15, 0.2) is 18.2 Å². The molecule has 1 aliphatic rings. The quantitative estimate of drug-likeness (QED) is 0.628. The van der Waals surface area contributed by atoms with E-state index in [0.717, 1.165) is 25.0 Å². The van der Waals surface area contributed by atoms with Crippen LogP contribution in [0.5, 0.6) is 5.75 Å². The van der Waals surface area contributed by atoms with Crippen LogP contribution in [0.4, 0.5) is 5.69 Å². The molecule has 0 spiro atoms. The standard InChI is InChI=1S/C13H18N2O4/c1-14-8-10-4-5-12(15(16)17)13(7-10)19-9-11-3-2-6-18-11/h4-5,7,11,14H,2-3,6,8-9H2,1H3. The first-order chi connectivity index (χ1) is 9.20. The molecule has 0 aromatic heterocycles. The third-order valence-corrected chi connectivity index (χ3v) is 3.05. The van der Waals surface area contributed by atoms with Crippen LogP contribution in [0.1, 0.15) is 18.4 Å². The van der Waals surface area contributed by atoms with E-state index in [9.17, 15) is 10.1 Å². The first-order valence-electron chi connectivity index (χ1n) is 6.37. The molecule has 0 bridgehead atoms. The molecule has 19 heavy (non-hydrogen) atoms.